The smallest absolute Gasteiger partial charge is 0.243 e. The molecular formula is C32H49N9O5. The lowest BCUT2D eigenvalue weighted by Gasteiger charge is -2.25. The second-order valence-electron chi connectivity index (χ2n) is 11.8. The van der Waals surface area contributed by atoms with Gasteiger partial charge in [-0.25, -0.2) is 0 Å². The van der Waals surface area contributed by atoms with Crippen molar-refractivity contribution in [3.05, 3.63) is 53.6 Å². The minimum Gasteiger partial charge on any atom is -0.508 e. The molecule has 5 atom stereocenters. The number of phenols is 1. The van der Waals surface area contributed by atoms with Crippen LogP contribution in [0.25, 0.3) is 11.1 Å². The van der Waals surface area contributed by atoms with Crippen molar-refractivity contribution in [1.82, 2.24) is 21.3 Å². The van der Waals surface area contributed by atoms with Crippen molar-refractivity contribution in [2.75, 3.05) is 26.2 Å². The second-order valence-corrected chi connectivity index (χ2v) is 11.8. The molecule has 46 heavy (non-hydrogen) atoms. The van der Waals surface area contributed by atoms with Crippen molar-refractivity contribution < 1.29 is 24.3 Å². The first-order chi connectivity index (χ1) is 22.0. The summed E-state index contributed by atoms with van der Waals surface area (Å²) in [6, 6.07) is 8.69. The van der Waals surface area contributed by atoms with Crippen LogP contribution in [0.4, 0.5) is 0 Å². The Balaban J connectivity index is 1.86. The summed E-state index contributed by atoms with van der Waals surface area (Å²) in [5.74, 6) is -2.01. The predicted molar refractivity (Wildman–Crippen MR) is 176 cm³/mol. The maximum Gasteiger partial charge on any atom is 0.243 e. The van der Waals surface area contributed by atoms with Crippen molar-refractivity contribution >= 4 is 23.6 Å². The Kier molecular flexibility index (Phi) is 14.4. The number of fused-ring (bicyclic) bond motifs is 5. The fourth-order valence-corrected chi connectivity index (χ4v) is 5.31. The number of amides is 4. The van der Waals surface area contributed by atoms with Crippen LogP contribution in [0.15, 0.2) is 42.5 Å². The van der Waals surface area contributed by atoms with Crippen LogP contribution >= 0.6 is 0 Å². The zero-order valence-electron chi connectivity index (χ0n) is 26.2. The summed E-state index contributed by atoms with van der Waals surface area (Å²) >= 11 is 0. The first kappa shape index (κ1) is 36.4. The van der Waals surface area contributed by atoms with E-state index in [0.29, 0.717) is 31.5 Å². The highest BCUT2D eigenvalue weighted by molar-refractivity contribution is 5.91. The van der Waals surface area contributed by atoms with E-state index < -0.39 is 47.8 Å². The molecular weight excluding hydrogens is 590 g/mol. The van der Waals surface area contributed by atoms with E-state index in [1.165, 1.54) is 0 Å². The summed E-state index contributed by atoms with van der Waals surface area (Å²) < 4.78 is 0. The Morgan fingerprint density at radius 3 is 2.41 bits per heavy atom. The SMILES string of the molecule is NCCCC(N)CNC(=O)[C@H](CN)NC(=O)C[C@@H]1Cc2cccc(c2)-c2ccc(O)c(c2)C[C@H](N)C(=O)N[C@@H](CCCN)C(=O)N1. The van der Waals surface area contributed by atoms with Crippen LogP contribution in [0.3, 0.4) is 0 Å². The highest BCUT2D eigenvalue weighted by Gasteiger charge is 2.28. The summed E-state index contributed by atoms with van der Waals surface area (Å²) in [5.41, 5.74) is 32.2. The van der Waals surface area contributed by atoms with Gasteiger partial charge in [0.05, 0.1) is 6.04 Å². The van der Waals surface area contributed by atoms with E-state index in [2.05, 4.69) is 21.3 Å². The van der Waals surface area contributed by atoms with Gasteiger partial charge in [-0.05, 0) is 79.6 Å². The fraction of sp³-hybridized carbons (Fsp3) is 0.500. The highest BCUT2D eigenvalue weighted by Crippen LogP contribution is 2.28. The van der Waals surface area contributed by atoms with E-state index in [0.717, 1.165) is 23.1 Å². The molecule has 0 aromatic heterocycles. The van der Waals surface area contributed by atoms with Gasteiger partial charge in [0.1, 0.15) is 17.8 Å². The van der Waals surface area contributed by atoms with Crippen molar-refractivity contribution in [3.63, 3.8) is 0 Å². The molecule has 0 fully saturated rings. The molecule has 4 amide bonds. The fourth-order valence-electron chi connectivity index (χ4n) is 5.31. The van der Waals surface area contributed by atoms with Gasteiger partial charge in [-0.3, -0.25) is 19.2 Å². The summed E-state index contributed by atoms with van der Waals surface area (Å²) in [4.78, 5) is 52.7. The lowest BCUT2D eigenvalue weighted by Crippen LogP contribution is -2.55. The highest BCUT2D eigenvalue weighted by atomic mass is 16.3. The molecule has 0 aliphatic carbocycles. The molecule has 0 spiro atoms. The largest absolute Gasteiger partial charge is 0.508 e. The lowest BCUT2D eigenvalue weighted by atomic mass is 9.95. The molecule has 1 heterocycles. The third-order valence-electron chi connectivity index (χ3n) is 7.91. The minimum atomic E-state index is -1.04. The molecule has 0 saturated carbocycles. The Morgan fingerprint density at radius 2 is 1.70 bits per heavy atom. The van der Waals surface area contributed by atoms with E-state index in [1.807, 2.05) is 24.3 Å². The van der Waals surface area contributed by atoms with Gasteiger partial charge in [-0.1, -0.05) is 30.3 Å². The standard InChI is InChI=1S/C32H49N9O5/c33-10-2-6-23(36)18-38-31(45)27(17-35)40-29(43)16-24-13-19-4-1-5-20(12-19)21-8-9-28(42)22(14-21)15-25(37)30(44)41-26(7-3-11-34)32(46)39-24/h1,4-5,8-9,12,14,23-27,42H,2-3,6-7,10-11,13,15-18,33-37H2,(H,38,45)(H,39,46)(H,40,43)(H,41,44)/t23?,24-,25-,26-,27-/m0/s1. The summed E-state index contributed by atoms with van der Waals surface area (Å²) in [7, 11) is 0. The topological polar surface area (TPSA) is 267 Å². The van der Waals surface area contributed by atoms with Gasteiger partial charge in [-0.2, -0.15) is 0 Å². The molecule has 2 aromatic rings. The first-order valence-electron chi connectivity index (χ1n) is 15.7. The van der Waals surface area contributed by atoms with Crippen LogP contribution in [-0.4, -0.2) is 85.1 Å². The first-order valence-corrected chi connectivity index (χ1v) is 15.7. The molecule has 14 heteroatoms. The number of phenolic OH excluding ortho intramolecular Hbond substituents is 1. The second kappa shape index (κ2) is 18.2. The number of nitrogens with two attached hydrogens (primary N) is 5. The van der Waals surface area contributed by atoms with Gasteiger partial charge < -0.3 is 55.0 Å². The minimum absolute atomic E-state index is 0.00915. The summed E-state index contributed by atoms with van der Waals surface area (Å²) in [5, 5.41) is 21.5. The van der Waals surface area contributed by atoms with Crippen molar-refractivity contribution in [2.45, 2.75) is 75.2 Å². The average molecular weight is 640 g/mol. The van der Waals surface area contributed by atoms with Crippen molar-refractivity contribution in [2.24, 2.45) is 28.7 Å². The quantitative estimate of drug-likeness (QED) is 0.118. The van der Waals surface area contributed by atoms with Crippen LogP contribution in [-0.2, 0) is 32.0 Å². The Morgan fingerprint density at radius 1 is 0.957 bits per heavy atom. The van der Waals surface area contributed by atoms with E-state index in [1.54, 1.807) is 18.2 Å². The number of carbonyl (C=O) groups excluding carboxylic acids is 4. The van der Waals surface area contributed by atoms with Crippen molar-refractivity contribution in [3.8, 4) is 16.9 Å². The molecule has 15 N–H and O–H groups in total. The molecule has 1 aliphatic rings. The van der Waals surface area contributed by atoms with E-state index in [4.69, 9.17) is 28.7 Å². The molecule has 1 aliphatic heterocycles. The maximum absolute atomic E-state index is 13.6. The molecule has 3 rings (SSSR count). The molecule has 0 saturated heterocycles. The zero-order chi connectivity index (χ0) is 33.6. The van der Waals surface area contributed by atoms with Crippen LogP contribution < -0.4 is 49.9 Å². The molecule has 0 radical (unpaired) electrons. The zero-order valence-corrected chi connectivity index (χ0v) is 26.2. The Labute approximate surface area is 269 Å². The Hall–Kier alpha value is -4.08. The molecule has 252 valence electrons. The number of carbonyl (C=O) groups is 4. The van der Waals surface area contributed by atoms with Gasteiger partial charge in [0.25, 0.3) is 0 Å². The number of nitrogens with one attached hydrogen (secondary N) is 4. The number of aromatic hydroxyl groups is 1. The van der Waals surface area contributed by atoms with E-state index in [9.17, 15) is 24.3 Å². The van der Waals surface area contributed by atoms with Crippen molar-refractivity contribution in [1.29, 1.82) is 0 Å². The predicted octanol–water partition coefficient (Wildman–Crippen LogP) is -1.79. The molecule has 2 aromatic carbocycles. The third-order valence-corrected chi connectivity index (χ3v) is 7.91. The van der Waals surface area contributed by atoms with Gasteiger partial charge >= 0.3 is 0 Å². The van der Waals surface area contributed by atoms with Gasteiger partial charge in [0, 0.05) is 38.0 Å². The molecule has 1 unspecified atom stereocenters. The normalized spacial score (nSPS) is 19.9. The number of benzene rings is 2. The van der Waals surface area contributed by atoms with Crippen LogP contribution in [0.1, 0.15) is 43.2 Å². The third kappa shape index (κ3) is 11.1. The van der Waals surface area contributed by atoms with Crippen LogP contribution in [0, 0.1) is 0 Å². The average Bonchev–Trinajstić information content (AvgIpc) is 3.03. The molecule has 14 nitrogen and oxygen atoms in total. The number of hydrogen-bond donors (Lipinski definition) is 10. The molecule has 4 bridgehead atoms. The number of rotatable bonds is 13. The van der Waals surface area contributed by atoms with E-state index in [-0.39, 0.29) is 50.6 Å². The maximum atomic E-state index is 13.6. The van der Waals surface area contributed by atoms with Crippen LogP contribution in [0.2, 0.25) is 0 Å². The van der Waals surface area contributed by atoms with E-state index >= 15 is 0 Å². The van der Waals surface area contributed by atoms with Crippen LogP contribution in [0.5, 0.6) is 5.75 Å². The summed E-state index contributed by atoms with van der Waals surface area (Å²) in [6.45, 7) is 0.862. The van der Waals surface area contributed by atoms with Gasteiger partial charge in [0.15, 0.2) is 0 Å². The van der Waals surface area contributed by atoms with Gasteiger partial charge in [0.2, 0.25) is 23.6 Å². The number of hydrogen-bond acceptors (Lipinski definition) is 10. The monoisotopic (exact) mass is 639 g/mol. The summed E-state index contributed by atoms with van der Waals surface area (Å²) in [6.07, 6.45) is 2.22. The Bertz CT molecular complexity index is 1340. The van der Waals surface area contributed by atoms with Gasteiger partial charge in [-0.15, -0.1) is 0 Å². The lowest BCUT2D eigenvalue weighted by molar-refractivity contribution is -0.131.